The largest absolute Gasteiger partial charge is 0.454 e. The Hall–Kier alpha value is -3.36. The van der Waals surface area contributed by atoms with Crippen LogP contribution in [0, 0.1) is 18.8 Å². The lowest BCUT2D eigenvalue weighted by molar-refractivity contribution is 0.0739. The van der Waals surface area contributed by atoms with E-state index in [9.17, 15) is 4.79 Å². The molecule has 210 valence electrons. The van der Waals surface area contributed by atoms with Gasteiger partial charge in [-0.3, -0.25) is 4.79 Å². The van der Waals surface area contributed by atoms with Crippen molar-refractivity contribution < 1.29 is 13.9 Å². The van der Waals surface area contributed by atoms with Gasteiger partial charge in [0.1, 0.15) is 17.0 Å². The van der Waals surface area contributed by atoms with Crippen LogP contribution in [0.15, 0.2) is 40.8 Å². The minimum atomic E-state index is 0.0140. The van der Waals surface area contributed by atoms with Gasteiger partial charge in [-0.05, 0) is 68.9 Å². The normalized spacial score (nSPS) is 23.5. The molecule has 0 bridgehead atoms. The van der Waals surface area contributed by atoms with Crippen molar-refractivity contribution >= 4 is 33.7 Å². The van der Waals surface area contributed by atoms with Gasteiger partial charge >= 0.3 is 0 Å². The van der Waals surface area contributed by atoms with E-state index in [0.29, 0.717) is 23.9 Å². The number of anilines is 1. The lowest BCUT2D eigenvalue weighted by Crippen LogP contribution is -2.52. The zero-order valence-electron chi connectivity index (χ0n) is 23.9. The van der Waals surface area contributed by atoms with Crippen LogP contribution >= 0.6 is 0 Å². The number of hydrogen-bond donors (Lipinski definition) is 1. The number of methoxy groups -OCH3 is 1. The number of nitrogens with two attached hydrogens (primary N) is 1. The molecule has 1 aromatic carbocycles. The molecule has 3 fully saturated rings. The Kier molecular flexibility index (Phi) is 6.16. The predicted molar refractivity (Wildman–Crippen MR) is 158 cm³/mol. The first kappa shape index (κ1) is 25.6. The molecule has 1 saturated carbocycles. The molecule has 7 rings (SSSR count). The first-order valence-corrected chi connectivity index (χ1v) is 14.7. The summed E-state index contributed by atoms with van der Waals surface area (Å²) in [6.45, 7) is 9.69. The van der Waals surface area contributed by atoms with Crippen molar-refractivity contribution in [1.82, 2.24) is 14.5 Å². The summed E-state index contributed by atoms with van der Waals surface area (Å²) in [6, 6.07) is 12.4. The quantitative estimate of drug-likeness (QED) is 0.346. The average molecular weight is 542 g/mol. The van der Waals surface area contributed by atoms with Gasteiger partial charge in [0.15, 0.2) is 5.76 Å². The highest BCUT2D eigenvalue weighted by Crippen LogP contribution is 2.40. The summed E-state index contributed by atoms with van der Waals surface area (Å²) in [4.78, 5) is 22.8. The second kappa shape index (κ2) is 9.63. The Balaban J connectivity index is 1.25. The molecule has 2 aliphatic heterocycles. The molecular weight excluding hydrogens is 502 g/mol. The molecule has 1 aliphatic carbocycles. The number of carbonyl (C=O) groups is 1. The van der Waals surface area contributed by atoms with E-state index < -0.39 is 0 Å². The van der Waals surface area contributed by atoms with E-state index in [1.54, 1.807) is 7.11 Å². The third-order valence-corrected chi connectivity index (χ3v) is 9.60. The maximum absolute atomic E-state index is 13.5. The number of pyridine rings is 1. The van der Waals surface area contributed by atoms with E-state index in [-0.39, 0.29) is 24.1 Å². The van der Waals surface area contributed by atoms with Crippen molar-refractivity contribution in [2.75, 3.05) is 31.6 Å². The Bertz CT molecular complexity index is 1600. The van der Waals surface area contributed by atoms with E-state index in [1.807, 2.05) is 23.1 Å². The summed E-state index contributed by atoms with van der Waals surface area (Å²) in [7, 11) is 1.77. The number of rotatable bonds is 7. The van der Waals surface area contributed by atoms with Crippen molar-refractivity contribution in [3.05, 3.63) is 47.5 Å². The monoisotopic (exact) mass is 541 g/mol. The lowest BCUT2D eigenvalue weighted by atomic mass is 9.98. The lowest BCUT2D eigenvalue weighted by Gasteiger charge is -2.39. The Labute approximate surface area is 235 Å². The van der Waals surface area contributed by atoms with E-state index in [0.717, 1.165) is 70.9 Å². The average Bonchev–Trinajstić information content (AvgIpc) is 3.52. The van der Waals surface area contributed by atoms with E-state index in [2.05, 4.69) is 48.4 Å². The molecule has 0 radical (unpaired) electrons. The van der Waals surface area contributed by atoms with Gasteiger partial charge in [0.2, 0.25) is 0 Å². The summed E-state index contributed by atoms with van der Waals surface area (Å²) in [6.07, 6.45) is 3.76. The summed E-state index contributed by atoms with van der Waals surface area (Å²) >= 11 is 0. The van der Waals surface area contributed by atoms with Crippen molar-refractivity contribution in [2.45, 2.75) is 64.8 Å². The molecule has 8 heteroatoms. The van der Waals surface area contributed by atoms with Gasteiger partial charge in [0.05, 0.1) is 11.8 Å². The molecule has 3 aliphatic rings. The molecule has 3 aromatic heterocycles. The molecule has 4 aromatic rings. The fraction of sp³-hybridized carbons (Fsp3) is 0.500. The van der Waals surface area contributed by atoms with Crippen LogP contribution in [0.5, 0.6) is 0 Å². The molecule has 0 spiro atoms. The molecule has 2 unspecified atom stereocenters. The number of aromatic nitrogens is 2. The van der Waals surface area contributed by atoms with E-state index in [1.165, 1.54) is 12.8 Å². The van der Waals surface area contributed by atoms with Crippen LogP contribution in [0.25, 0.3) is 33.5 Å². The highest BCUT2D eigenvalue weighted by atomic mass is 16.5. The van der Waals surface area contributed by atoms with Gasteiger partial charge < -0.3 is 29.3 Å². The number of hydrogen-bond acceptors (Lipinski definition) is 6. The zero-order valence-corrected chi connectivity index (χ0v) is 23.9. The van der Waals surface area contributed by atoms with Gasteiger partial charge in [0.25, 0.3) is 5.91 Å². The molecule has 1 amide bonds. The molecule has 8 nitrogen and oxygen atoms in total. The summed E-state index contributed by atoms with van der Waals surface area (Å²) in [5.74, 6) is 2.89. The standard InChI is InChI=1S/C32H39N5O3/c1-5-21-15-36(19(3)29(21)33)32(38)23-8-10-25-18(2)30(40-27(25)13-23)26-12-22-9-11-28(35-16-24(17-35)39-4)34-31(22)37(26)14-20-6-7-20/h8-13,19-21,24,29H,5-7,14-17,33H2,1-4H3/t19?,21?,29-/m0/s1. The Morgan fingerprint density at radius 1 is 1.15 bits per heavy atom. The first-order chi connectivity index (χ1) is 19.4. The highest BCUT2D eigenvalue weighted by molar-refractivity contribution is 5.99. The molecule has 5 heterocycles. The number of furan rings is 1. The highest BCUT2D eigenvalue weighted by Gasteiger charge is 2.38. The topological polar surface area (TPSA) is 89.8 Å². The third kappa shape index (κ3) is 4.11. The molecule has 2 N–H and O–H groups in total. The van der Waals surface area contributed by atoms with E-state index >= 15 is 0 Å². The van der Waals surface area contributed by atoms with Crippen molar-refractivity contribution in [1.29, 1.82) is 0 Å². The van der Waals surface area contributed by atoms with Crippen LogP contribution in [0.4, 0.5) is 5.82 Å². The van der Waals surface area contributed by atoms with Gasteiger partial charge in [-0.15, -0.1) is 0 Å². The van der Waals surface area contributed by atoms with Crippen LogP contribution in [-0.4, -0.2) is 65.3 Å². The Morgan fingerprint density at radius 3 is 2.65 bits per heavy atom. The molecule has 2 saturated heterocycles. The summed E-state index contributed by atoms with van der Waals surface area (Å²) in [5, 5.41) is 2.15. The number of likely N-dealkylation sites (tertiary alicyclic amines) is 1. The maximum atomic E-state index is 13.5. The predicted octanol–water partition coefficient (Wildman–Crippen LogP) is 5.20. The number of fused-ring (bicyclic) bond motifs is 2. The Morgan fingerprint density at radius 2 is 1.95 bits per heavy atom. The van der Waals surface area contributed by atoms with Crippen LogP contribution in [0.2, 0.25) is 0 Å². The van der Waals surface area contributed by atoms with Gasteiger partial charge in [0, 0.05) is 67.3 Å². The number of aryl methyl sites for hydroxylation is 1. The number of amides is 1. The van der Waals surface area contributed by atoms with Crippen LogP contribution in [-0.2, 0) is 11.3 Å². The molecular formula is C32H39N5O3. The van der Waals surface area contributed by atoms with Crippen molar-refractivity contribution in [3.8, 4) is 11.5 Å². The first-order valence-electron chi connectivity index (χ1n) is 14.7. The van der Waals surface area contributed by atoms with Crippen LogP contribution in [0.3, 0.4) is 0 Å². The third-order valence-electron chi connectivity index (χ3n) is 9.60. The van der Waals surface area contributed by atoms with Gasteiger partial charge in [-0.1, -0.05) is 19.4 Å². The fourth-order valence-electron chi connectivity index (χ4n) is 6.58. The smallest absolute Gasteiger partial charge is 0.254 e. The van der Waals surface area contributed by atoms with Crippen molar-refractivity contribution in [3.63, 3.8) is 0 Å². The molecule has 3 atom stereocenters. The summed E-state index contributed by atoms with van der Waals surface area (Å²) in [5.41, 5.74) is 11.0. The van der Waals surface area contributed by atoms with Crippen LogP contribution in [0.1, 0.15) is 49.0 Å². The van der Waals surface area contributed by atoms with Crippen molar-refractivity contribution in [2.24, 2.45) is 17.6 Å². The van der Waals surface area contributed by atoms with Gasteiger partial charge in [-0.25, -0.2) is 4.98 Å². The maximum Gasteiger partial charge on any atom is 0.254 e. The minimum Gasteiger partial charge on any atom is -0.454 e. The minimum absolute atomic E-state index is 0.0140. The summed E-state index contributed by atoms with van der Waals surface area (Å²) < 4.78 is 14.4. The number of benzene rings is 1. The number of carbonyl (C=O) groups excluding carboxylic acids is 1. The SMILES string of the molecule is CCC1CN(C(=O)c2ccc3c(C)c(-c4cc5ccc(N6CC(OC)C6)nc5n4CC4CC4)oc3c2)C(C)[C@@H]1N. The second-order valence-electron chi connectivity index (χ2n) is 12.1. The number of nitrogens with zero attached hydrogens (tertiary/aromatic N) is 4. The van der Waals surface area contributed by atoms with Crippen LogP contribution < -0.4 is 10.6 Å². The van der Waals surface area contributed by atoms with E-state index in [4.69, 9.17) is 19.9 Å². The zero-order chi connectivity index (χ0) is 27.7. The second-order valence-corrected chi connectivity index (χ2v) is 12.1. The van der Waals surface area contributed by atoms with Gasteiger partial charge in [-0.2, -0.15) is 0 Å². The molecule has 40 heavy (non-hydrogen) atoms. The number of ether oxygens (including phenoxy) is 1. The fourth-order valence-corrected chi connectivity index (χ4v) is 6.58.